The van der Waals surface area contributed by atoms with Crippen molar-refractivity contribution < 1.29 is 14.3 Å². The monoisotopic (exact) mass is 253 g/mol. The predicted octanol–water partition coefficient (Wildman–Crippen LogP) is 0.302. The number of pyridine rings is 1. The van der Waals surface area contributed by atoms with E-state index >= 15 is 0 Å². The molecule has 2 atom stereocenters. The Morgan fingerprint density at radius 1 is 1.50 bits per heavy atom. The Balaban J connectivity index is 2.10. The van der Waals surface area contributed by atoms with E-state index in [-0.39, 0.29) is 19.0 Å². The molecule has 5 nitrogen and oxygen atoms in total. The maximum Gasteiger partial charge on any atom is 0.255 e. The second kappa shape index (κ2) is 4.89. The number of aliphatic hydroxyl groups excluding tert-OH is 1. The van der Waals surface area contributed by atoms with Crippen LogP contribution in [0.2, 0.25) is 0 Å². The fourth-order valence-electron chi connectivity index (χ4n) is 1.87. The number of rotatable bonds is 2. The summed E-state index contributed by atoms with van der Waals surface area (Å²) in [6.45, 7) is -0.0230. The molecule has 0 bridgehead atoms. The number of nitrogens with zero attached hydrogens (tertiary/aromatic N) is 3. The quantitative estimate of drug-likeness (QED) is 0.823. The van der Waals surface area contributed by atoms with Gasteiger partial charge in [0.1, 0.15) is 18.1 Å². The first-order valence-electron chi connectivity index (χ1n) is 5.74. The smallest absolute Gasteiger partial charge is 0.255 e. The van der Waals surface area contributed by atoms with Crippen LogP contribution in [0, 0.1) is 0 Å². The lowest BCUT2D eigenvalue weighted by atomic mass is 10.2. The van der Waals surface area contributed by atoms with Crippen LogP contribution in [0.5, 0.6) is 0 Å². The van der Waals surface area contributed by atoms with Crippen LogP contribution < -0.4 is 4.90 Å². The summed E-state index contributed by atoms with van der Waals surface area (Å²) in [5, 5.41) is 9.29. The number of carbonyl (C=O) groups excluding carboxylic acids is 1. The number of amides is 1. The molecule has 6 heteroatoms. The van der Waals surface area contributed by atoms with Crippen molar-refractivity contribution >= 4 is 11.7 Å². The van der Waals surface area contributed by atoms with Crippen molar-refractivity contribution in [3.8, 4) is 0 Å². The Kier molecular flexibility index (Phi) is 3.47. The summed E-state index contributed by atoms with van der Waals surface area (Å²) in [6.07, 6.45) is -0.971. The molecule has 2 heterocycles. The first-order valence-corrected chi connectivity index (χ1v) is 5.74. The minimum atomic E-state index is -1.36. The van der Waals surface area contributed by atoms with Gasteiger partial charge in [-0.3, -0.25) is 4.79 Å². The van der Waals surface area contributed by atoms with E-state index in [9.17, 15) is 14.3 Å². The molecule has 0 aromatic carbocycles. The van der Waals surface area contributed by atoms with Crippen molar-refractivity contribution in [1.29, 1.82) is 0 Å². The molecule has 1 aliphatic rings. The highest BCUT2D eigenvalue weighted by Crippen LogP contribution is 2.17. The summed E-state index contributed by atoms with van der Waals surface area (Å²) in [4.78, 5) is 19.3. The third kappa shape index (κ3) is 2.43. The average Bonchev–Trinajstić information content (AvgIpc) is 2.69. The van der Waals surface area contributed by atoms with Gasteiger partial charge in [-0.2, -0.15) is 0 Å². The van der Waals surface area contributed by atoms with E-state index in [0.29, 0.717) is 5.56 Å². The van der Waals surface area contributed by atoms with Crippen LogP contribution in [0.15, 0.2) is 18.3 Å². The third-order valence-corrected chi connectivity index (χ3v) is 2.96. The lowest BCUT2D eigenvalue weighted by molar-refractivity contribution is 0.0764. The molecular weight excluding hydrogens is 237 g/mol. The maximum absolute atomic E-state index is 13.1. The van der Waals surface area contributed by atoms with Crippen LogP contribution in [-0.2, 0) is 0 Å². The Labute approximate surface area is 105 Å². The molecule has 1 amide bonds. The number of hydrogen-bond donors (Lipinski definition) is 1. The Hall–Kier alpha value is -1.69. The van der Waals surface area contributed by atoms with Gasteiger partial charge in [0, 0.05) is 26.8 Å². The lowest BCUT2D eigenvalue weighted by Crippen LogP contribution is -2.29. The average molecular weight is 253 g/mol. The molecule has 0 aliphatic carbocycles. The van der Waals surface area contributed by atoms with Crippen LogP contribution in [0.1, 0.15) is 10.4 Å². The zero-order valence-corrected chi connectivity index (χ0v) is 10.4. The molecule has 1 N–H and O–H groups in total. The van der Waals surface area contributed by atoms with Gasteiger partial charge in [-0.15, -0.1) is 0 Å². The van der Waals surface area contributed by atoms with E-state index in [4.69, 9.17) is 0 Å². The number of anilines is 1. The van der Waals surface area contributed by atoms with E-state index in [2.05, 4.69) is 4.98 Å². The van der Waals surface area contributed by atoms with Crippen LogP contribution in [0.4, 0.5) is 10.2 Å². The summed E-state index contributed by atoms with van der Waals surface area (Å²) >= 11 is 0. The van der Waals surface area contributed by atoms with Crippen molar-refractivity contribution in [2.75, 3.05) is 32.1 Å². The van der Waals surface area contributed by atoms with Crippen molar-refractivity contribution in [2.24, 2.45) is 0 Å². The highest BCUT2D eigenvalue weighted by molar-refractivity contribution is 5.94. The first kappa shape index (κ1) is 12.8. The van der Waals surface area contributed by atoms with Gasteiger partial charge in [0.15, 0.2) is 0 Å². The third-order valence-electron chi connectivity index (χ3n) is 2.96. The largest absolute Gasteiger partial charge is 0.388 e. The predicted molar refractivity (Wildman–Crippen MR) is 65.4 cm³/mol. The molecular formula is C12H16FN3O2. The number of halogens is 1. The molecule has 2 rings (SSSR count). The molecule has 1 aromatic heterocycles. The van der Waals surface area contributed by atoms with Crippen LogP contribution in [0.25, 0.3) is 0 Å². The zero-order valence-electron chi connectivity index (χ0n) is 10.4. The Morgan fingerprint density at radius 3 is 2.67 bits per heavy atom. The van der Waals surface area contributed by atoms with Crippen molar-refractivity contribution in [3.63, 3.8) is 0 Å². The summed E-state index contributed by atoms with van der Waals surface area (Å²) in [5.74, 6) is 0.448. The number of likely N-dealkylation sites (tertiary alicyclic amines) is 1. The Morgan fingerprint density at radius 2 is 2.22 bits per heavy atom. The van der Waals surface area contributed by atoms with Gasteiger partial charge in [-0.25, -0.2) is 9.37 Å². The number of aromatic nitrogens is 1. The molecule has 1 aliphatic heterocycles. The van der Waals surface area contributed by atoms with E-state index in [1.807, 2.05) is 19.0 Å². The molecule has 0 radical (unpaired) electrons. The number of carbonyl (C=O) groups is 1. The first-order chi connectivity index (χ1) is 8.49. The standard InChI is InChI=1S/C12H16FN3O2/c1-15(2)11-4-3-8(5-14-11)12(18)16-6-9(13)10(17)7-16/h3-5,9-10,17H,6-7H2,1-2H3/t9-,10-/m1/s1. The van der Waals surface area contributed by atoms with Gasteiger partial charge in [0.25, 0.3) is 5.91 Å². The van der Waals surface area contributed by atoms with E-state index < -0.39 is 12.3 Å². The highest BCUT2D eigenvalue weighted by atomic mass is 19.1. The molecule has 0 spiro atoms. The molecule has 18 heavy (non-hydrogen) atoms. The van der Waals surface area contributed by atoms with Gasteiger partial charge in [-0.1, -0.05) is 0 Å². The maximum atomic E-state index is 13.1. The summed E-state index contributed by atoms with van der Waals surface area (Å²) in [6, 6.07) is 3.38. The van der Waals surface area contributed by atoms with E-state index in [0.717, 1.165) is 5.82 Å². The normalized spacial score (nSPS) is 23.2. The van der Waals surface area contributed by atoms with Gasteiger partial charge in [-0.05, 0) is 12.1 Å². The second-order valence-electron chi connectivity index (χ2n) is 4.59. The molecule has 98 valence electrons. The summed E-state index contributed by atoms with van der Waals surface area (Å²) < 4.78 is 13.1. The fourth-order valence-corrected chi connectivity index (χ4v) is 1.87. The summed E-state index contributed by atoms with van der Waals surface area (Å²) in [5.41, 5.74) is 0.405. The van der Waals surface area contributed by atoms with Gasteiger partial charge in [0.05, 0.1) is 12.1 Å². The van der Waals surface area contributed by atoms with Crippen LogP contribution >= 0.6 is 0 Å². The molecule has 0 unspecified atom stereocenters. The molecule has 0 saturated carbocycles. The molecule has 1 fully saturated rings. The Bertz CT molecular complexity index is 425. The molecule has 1 aromatic rings. The van der Waals surface area contributed by atoms with E-state index in [1.54, 1.807) is 12.1 Å². The van der Waals surface area contributed by atoms with Gasteiger partial charge >= 0.3 is 0 Å². The topological polar surface area (TPSA) is 56.7 Å². The number of aliphatic hydroxyl groups is 1. The highest BCUT2D eigenvalue weighted by Gasteiger charge is 2.34. The van der Waals surface area contributed by atoms with Gasteiger partial charge in [0.2, 0.25) is 0 Å². The fraction of sp³-hybridized carbons (Fsp3) is 0.500. The van der Waals surface area contributed by atoms with E-state index in [1.165, 1.54) is 11.1 Å². The van der Waals surface area contributed by atoms with Crippen LogP contribution in [0.3, 0.4) is 0 Å². The minimum absolute atomic E-state index is 0.0371. The number of β-amino-alcohol motifs (C(OH)–C–C–N with tert-alkyl or cyclic N) is 1. The van der Waals surface area contributed by atoms with Crippen LogP contribution in [-0.4, -0.2) is 60.4 Å². The minimum Gasteiger partial charge on any atom is -0.388 e. The van der Waals surface area contributed by atoms with Gasteiger partial charge < -0.3 is 14.9 Å². The molecule has 1 saturated heterocycles. The summed E-state index contributed by atoms with van der Waals surface area (Å²) in [7, 11) is 3.71. The van der Waals surface area contributed by atoms with Crippen molar-refractivity contribution in [3.05, 3.63) is 23.9 Å². The number of alkyl halides is 1. The zero-order chi connectivity index (χ0) is 13.3. The number of hydrogen-bond acceptors (Lipinski definition) is 4. The SMILES string of the molecule is CN(C)c1ccc(C(=O)N2C[C@@H](O)[C@H](F)C2)cn1. The second-order valence-corrected chi connectivity index (χ2v) is 4.59. The lowest BCUT2D eigenvalue weighted by Gasteiger charge is -2.16. The van der Waals surface area contributed by atoms with Crippen molar-refractivity contribution in [2.45, 2.75) is 12.3 Å². The van der Waals surface area contributed by atoms with Crippen molar-refractivity contribution in [1.82, 2.24) is 9.88 Å².